The van der Waals surface area contributed by atoms with Crippen molar-refractivity contribution in [2.45, 2.75) is 18.9 Å². The van der Waals surface area contributed by atoms with Crippen LogP contribution in [0.4, 0.5) is 0 Å². The molecule has 0 fully saturated rings. The fraction of sp³-hybridized carbons (Fsp3) is 0.211. The number of hydrogen-bond donors (Lipinski definition) is 1. The number of halogens is 1. The summed E-state index contributed by atoms with van der Waals surface area (Å²) in [5, 5.41) is 0.668. The zero-order chi connectivity index (χ0) is 17.2. The van der Waals surface area contributed by atoms with Gasteiger partial charge >= 0.3 is 0 Å². The molecule has 0 aliphatic carbocycles. The maximum Gasteiger partial charge on any atom is 0.227 e. The second-order valence-corrected chi connectivity index (χ2v) is 6.50. The lowest BCUT2D eigenvalue weighted by molar-refractivity contribution is -0.132. The van der Waals surface area contributed by atoms with Crippen molar-refractivity contribution >= 4 is 17.5 Å². The first kappa shape index (κ1) is 15.8. The first-order valence-electron chi connectivity index (χ1n) is 8.19. The van der Waals surface area contributed by atoms with Crippen LogP contribution in [-0.4, -0.2) is 32.3 Å². The van der Waals surface area contributed by atoms with E-state index in [1.165, 1.54) is 0 Å². The lowest BCUT2D eigenvalue weighted by atomic mass is 9.98. The standard InChI is InChI=1S/C19H17ClN4O/c20-14-6-4-13(5-7-14)11-17(25)24-10-8-15-18(23-12-22-15)19(24)16-3-1-2-9-21-16/h1-7,9,12,19H,8,10-11H2,(H,22,23)/t19-/m1/s1. The molecule has 4 rings (SSSR count). The molecule has 0 saturated heterocycles. The molecule has 0 radical (unpaired) electrons. The molecule has 0 spiro atoms. The Hall–Kier alpha value is -2.66. The number of aromatic amines is 1. The third-order valence-electron chi connectivity index (χ3n) is 4.48. The Balaban J connectivity index is 1.65. The van der Waals surface area contributed by atoms with Crippen molar-refractivity contribution < 1.29 is 4.79 Å². The Morgan fingerprint density at radius 1 is 1.20 bits per heavy atom. The van der Waals surface area contributed by atoms with Crippen LogP contribution in [0.15, 0.2) is 55.0 Å². The van der Waals surface area contributed by atoms with E-state index in [1.54, 1.807) is 12.5 Å². The van der Waals surface area contributed by atoms with Gasteiger partial charge in [0.15, 0.2) is 0 Å². The molecule has 2 aromatic heterocycles. The van der Waals surface area contributed by atoms with Crippen LogP contribution in [0.2, 0.25) is 5.02 Å². The Morgan fingerprint density at radius 2 is 2.04 bits per heavy atom. The average molecular weight is 353 g/mol. The summed E-state index contributed by atoms with van der Waals surface area (Å²) in [7, 11) is 0. The summed E-state index contributed by atoms with van der Waals surface area (Å²) in [6.07, 6.45) is 4.54. The summed E-state index contributed by atoms with van der Waals surface area (Å²) in [5.74, 6) is 0.0617. The van der Waals surface area contributed by atoms with Crippen LogP contribution in [0.1, 0.15) is 28.7 Å². The molecule has 5 nitrogen and oxygen atoms in total. The van der Waals surface area contributed by atoms with E-state index in [4.69, 9.17) is 11.6 Å². The van der Waals surface area contributed by atoms with Gasteiger partial charge in [-0.25, -0.2) is 4.98 Å². The van der Waals surface area contributed by atoms with E-state index >= 15 is 0 Å². The summed E-state index contributed by atoms with van der Waals surface area (Å²) < 4.78 is 0. The molecule has 1 amide bonds. The van der Waals surface area contributed by atoms with E-state index in [9.17, 15) is 4.79 Å². The van der Waals surface area contributed by atoms with E-state index in [-0.39, 0.29) is 11.9 Å². The van der Waals surface area contributed by atoms with Crippen molar-refractivity contribution in [1.29, 1.82) is 0 Å². The predicted octanol–water partition coefficient (Wildman–Crippen LogP) is 3.17. The van der Waals surface area contributed by atoms with Gasteiger partial charge in [0.1, 0.15) is 6.04 Å². The number of rotatable bonds is 3. The molecule has 0 bridgehead atoms. The van der Waals surface area contributed by atoms with Crippen molar-refractivity contribution in [1.82, 2.24) is 19.9 Å². The molecular formula is C19H17ClN4O. The summed E-state index contributed by atoms with van der Waals surface area (Å²) in [6.45, 7) is 0.642. The van der Waals surface area contributed by atoms with Gasteiger partial charge in [0, 0.05) is 29.9 Å². The van der Waals surface area contributed by atoms with Gasteiger partial charge in [-0.05, 0) is 29.8 Å². The highest BCUT2D eigenvalue weighted by atomic mass is 35.5. The van der Waals surface area contributed by atoms with Crippen LogP contribution in [0, 0.1) is 0 Å². The number of imidazole rings is 1. The third-order valence-corrected chi connectivity index (χ3v) is 4.73. The Bertz CT molecular complexity index is 876. The highest BCUT2D eigenvalue weighted by Gasteiger charge is 2.34. The minimum absolute atomic E-state index is 0.0617. The van der Waals surface area contributed by atoms with Gasteiger partial charge in [-0.3, -0.25) is 9.78 Å². The van der Waals surface area contributed by atoms with Crippen molar-refractivity contribution in [2.24, 2.45) is 0 Å². The molecule has 0 unspecified atom stereocenters. The molecule has 1 atom stereocenters. The van der Waals surface area contributed by atoms with Crippen molar-refractivity contribution in [3.63, 3.8) is 0 Å². The number of nitrogens with one attached hydrogen (secondary N) is 1. The van der Waals surface area contributed by atoms with Gasteiger partial charge in [-0.15, -0.1) is 0 Å². The average Bonchev–Trinajstić information content (AvgIpc) is 3.12. The molecule has 3 aromatic rings. The van der Waals surface area contributed by atoms with Crippen molar-refractivity contribution in [3.8, 4) is 0 Å². The minimum Gasteiger partial charge on any atom is -0.348 e. The molecule has 1 aromatic carbocycles. The fourth-order valence-electron chi connectivity index (χ4n) is 3.26. The lowest BCUT2D eigenvalue weighted by Gasteiger charge is -2.34. The SMILES string of the molecule is O=C(Cc1ccc(Cl)cc1)N1CCc2[nH]cnc2[C@H]1c1ccccn1. The molecular weight excluding hydrogens is 336 g/mol. The number of fused-ring (bicyclic) bond motifs is 1. The second kappa shape index (κ2) is 6.69. The number of pyridine rings is 1. The lowest BCUT2D eigenvalue weighted by Crippen LogP contribution is -2.41. The maximum absolute atomic E-state index is 13.0. The van der Waals surface area contributed by atoms with Crippen LogP contribution >= 0.6 is 11.6 Å². The summed E-state index contributed by atoms with van der Waals surface area (Å²) in [5.41, 5.74) is 3.74. The summed E-state index contributed by atoms with van der Waals surface area (Å²) in [4.78, 5) is 27.0. The Labute approximate surface area is 150 Å². The first-order valence-corrected chi connectivity index (χ1v) is 8.57. The zero-order valence-electron chi connectivity index (χ0n) is 13.5. The van der Waals surface area contributed by atoms with E-state index in [2.05, 4.69) is 15.0 Å². The number of nitrogens with zero attached hydrogens (tertiary/aromatic N) is 3. The number of amides is 1. The largest absolute Gasteiger partial charge is 0.348 e. The number of aromatic nitrogens is 3. The third kappa shape index (κ3) is 3.15. The van der Waals surface area contributed by atoms with Crippen LogP contribution in [-0.2, 0) is 17.6 Å². The number of benzene rings is 1. The molecule has 126 valence electrons. The van der Waals surface area contributed by atoms with Gasteiger partial charge in [0.2, 0.25) is 5.91 Å². The van der Waals surface area contributed by atoms with Crippen LogP contribution in [0.5, 0.6) is 0 Å². The van der Waals surface area contributed by atoms with Gasteiger partial charge in [0.25, 0.3) is 0 Å². The van der Waals surface area contributed by atoms with Crippen LogP contribution in [0.3, 0.4) is 0 Å². The summed E-state index contributed by atoms with van der Waals surface area (Å²) >= 11 is 5.93. The van der Waals surface area contributed by atoms with Crippen LogP contribution < -0.4 is 0 Å². The van der Waals surface area contributed by atoms with Gasteiger partial charge in [0.05, 0.1) is 24.1 Å². The Morgan fingerprint density at radius 3 is 2.80 bits per heavy atom. The first-order chi connectivity index (χ1) is 12.2. The smallest absolute Gasteiger partial charge is 0.227 e. The van der Waals surface area contributed by atoms with Gasteiger partial charge in [-0.2, -0.15) is 0 Å². The van der Waals surface area contributed by atoms with E-state index in [0.717, 1.165) is 29.1 Å². The monoisotopic (exact) mass is 352 g/mol. The Kier molecular flexibility index (Phi) is 4.24. The molecule has 3 heterocycles. The number of H-pyrrole nitrogens is 1. The van der Waals surface area contributed by atoms with Gasteiger partial charge in [-0.1, -0.05) is 29.8 Å². The van der Waals surface area contributed by atoms with E-state index < -0.39 is 0 Å². The molecule has 1 aliphatic heterocycles. The highest BCUT2D eigenvalue weighted by molar-refractivity contribution is 6.30. The van der Waals surface area contributed by atoms with E-state index in [0.29, 0.717) is 18.0 Å². The molecule has 0 saturated carbocycles. The molecule has 6 heteroatoms. The quantitative estimate of drug-likeness (QED) is 0.787. The maximum atomic E-state index is 13.0. The predicted molar refractivity (Wildman–Crippen MR) is 95.2 cm³/mol. The second-order valence-electron chi connectivity index (χ2n) is 6.06. The molecule has 1 aliphatic rings. The number of hydrogen-bond acceptors (Lipinski definition) is 3. The normalized spacial score (nSPS) is 16.5. The molecule has 25 heavy (non-hydrogen) atoms. The number of carbonyl (C=O) groups excluding carboxylic acids is 1. The van der Waals surface area contributed by atoms with Crippen molar-refractivity contribution in [3.05, 3.63) is 82.7 Å². The zero-order valence-corrected chi connectivity index (χ0v) is 14.3. The fourth-order valence-corrected chi connectivity index (χ4v) is 3.39. The van der Waals surface area contributed by atoms with Crippen LogP contribution in [0.25, 0.3) is 0 Å². The van der Waals surface area contributed by atoms with Gasteiger partial charge < -0.3 is 9.88 Å². The topological polar surface area (TPSA) is 61.9 Å². The molecule has 1 N–H and O–H groups in total. The summed E-state index contributed by atoms with van der Waals surface area (Å²) in [6, 6.07) is 12.9. The van der Waals surface area contributed by atoms with E-state index in [1.807, 2.05) is 47.4 Å². The van der Waals surface area contributed by atoms with Crippen molar-refractivity contribution in [2.75, 3.05) is 6.54 Å². The minimum atomic E-state index is -0.254. The number of carbonyl (C=O) groups is 1. The highest BCUT2D eigenvalue weighted by Crippen LogP contribution is 2.32.